The number of amides is 1. The maximum Gasteiger partial charge on any atom is 0.251 e. The molecule has 1 aromatic rings. The smallest absolute Gasteiger partial charge is 0.251 e. The van der Waals surface area contributed by atoms with Crippen molar-refractivity contribution >= 4 is 17.5 Å². The zero-order chi connectivity index (χ0) is 12.3. The molecule has 1 aromatic carbocycles. The number of nitrogens with one attached hydrogen (secondary N) is 1. The van der Waals surface area contributed by atoms with Gasteiger partial charge in [-0.25, -0.2) is 0 Å². The Hall–Kier alpha value is -1.22. The van der Waals surface area contributed by atoms with Crippen LogP contribution < -0.4 is 5.32 Å². The highest BCUT2D eigenvalue weighted by molar-refractivity contribution is 6.18. The van der Waals surface area contributed by atoms with E-state index in [4.69, 9.17) is 16.7 Å². The van der Waals surface area contributed by atoms with Gasteiger partial charge in [0.25, 0.3) is 5.91 Å². The maximum absolute atomic E-state index is 11.9. The molecule has 0 saturated heterocycles. The molecule has 0 radical (unpaired) electrons. The fourth-order valence-corrected chi connectivity index (χ4v) is 2.65. The lowest BCUT2D eigenvalue weighted by Crippen LogP contribution is -2.37. The van der Waals surface area contributed by atoms with Gasteiger partial charge in [-0.05, 0) is 43.0 Å². The van der Waals surface area contributed by atoms with E-state index < -0.39 is 0 Å². The van der Waals surface area contributed by atoms with Crippen LogP contribution in [0.25, 0.3) is 0 Å². The number of hydrogen-bond acceptors (Lipinski definition) is 2. The molecule has 2 N–H and O–H groups in total. The summed E-state index contributed by atoms with van der Waals surface area (Å²) in [5.41, 5.74) is 0.572. The standard InChI is InChI=1S/C13H16ClNO2/c14-8-10-2-1-3-12(10)15-13(17)9-4-6-11(16)7-5-9/h4-7,10,12,16H,1-3,8H2,(H,15,17). The molecule has 92 valence electrons. The maximum atomic E-state index is 11.9. The summed E-state index contributed by atoms with van der Waals surface area (Å²) in [5, 5.41) is 12.2. The van der Waals surface area contributed by atoms with Crippen LogP contribution in [0, 0.1) is 5.92 Å². The van der Waals surface area contributed by atoms with Gasteiger partial charge in [0.05, 0.1) is 0 Å². The molecule has 2 unspecified atom stereocenters. The molecule has 1 saturated carbocycles. The van der Waals surface area contributed by atoms with Crippen molar-refractivity contribution in [2.24, 2.45) is 5.92 Å². The Morgan fingerprint density at radius 2 is 2.06 bits per heavy atom. The van der Waals surface area contributed by atoms with Crippen LogP contribution in [0.3, 0.4) is 0 Å². The molecule has 0 aromatic heterocycles. The van der Waals surface area contributed by atoms with E-state index in [1.165, 1.54) is 12.1 Å². The predicted octanol–water partition coefficient (Wildman–Crippen LogP) is 2.53. The first kappa shape index (κ1) is 12.2. The van der Waals surface area contributed by atoms with E-state index in [1.807, 2.05) is 0 Å². The first-order valence-electron chi connectivity index (χ1n) is 5.86. The van der Waals surface area contributed by atoms with Crippen LogP contribution in [-0.2, 0) is 0 Å². The zero-order valence-corrected chi connectivity index (χ0v) is 10.3. The lowest BCUT2D eigenvalue weighted by Gasteiger charge is -2.18. The van der Waals surface area contributed by atoms with Gasteiger partial charge in [0, 0.05) is 17.5 Å². The summed E-state index contributed by atoms with van der Waals surface area (Å²) < 4.78 is 0. The molecular formula is C13H16ClNO2. The molecule has 2 rings (SSSR count). The van der Waals surface area contributed by atoms with Gasteiger partial charge in [-0.1, -0.05) is 6.42 Å². The van der Waals surface area contributed by atoms with E-state index in [2.05, 4.69) is 5.32 Å². The Bertz CT molecular complexity index is 391. The largest absolute Gasteiger partial charge is 0.508 e. The Balaban J connectivity index is 1.99. The zero-order valence-electron chi connectivity index (χ0n) is 9.53. The molecule has 0 aliphatic heterocycles. The number of alkyl halides is 1. The van der Waals surface area contributed by atoms with Crippen molar-refractivity contribution in [3.8, 4) is 5.75 Å². The summed E-state index contributed by atoms with van der Waals surface area (Å²) in [5.74, 6) is 1.06. The van der Waals surface area contributed by atoms with Gasteiger partial charge in [-0.3, -0.25) is 4.79 Å². The number of rotatable bonds is 3. The molecule has 1 aliphatic carbocycles. The summed E-state index contributed by atoms with van der Waals surface area (Å²) in [6.45, 7) is 0. The highest BCUT2D eigenvalue weighted by atomic mass is 35.5. The van der Waals surface area contributed by atoms with Crippen LogP contribution in [0.15, 0.2) is 24.3 Å². The number of aromatic hydroxyl groups is 1. The molecule has 4 heteroatoms. The van der Waals surface area contributed by atoms with Crippen LogP contribution in [0.5, 0.6) is 5.75 Å². The summed E-state index contributed by atoms with van der Waals surface area (Å²) in [6.07, 6.45) is 3.21. The third-order valence-electron chi connectivity index (χ3n) is 3.30. The van der Waals surface area contributed by atoms with Crippen molar-refractivity contribution in [3.63, 3.8) is 0 Å². The molecule has 0 heterocycles. The summed E-state index contributed by atoms with van der Waals surface area (Å²) in [6, 6.07) is 6.46. The molecule has 0 bridgehead atoms. The second-order valence-corrected chi connectivity index (χ2v) is 4.78. The second-order valence-electron chi connectivity index (χ2n) is 4.47. The average molecular weight is 254 g/mol. The van der Waals surface area contributed by atoms with Gasteiger partial charge in [-0.15, -0.1) is 11.6 Å². The summed E-state index contributed by atoms with van der Waals surface area (Å²) in [4.78, 5) is 11.9. The van der Waals surface area contributed by atoms with Crippen molar-refractivity contribution in [1.29, 1.82) is 0 Å². The predicted molar refractivity (Wildman–Crippen MR) is 67.4 cm³/mol. The second kappa shape index (κ2) is 5.41. The van der Waals surface area contributed by atoms with Crippen LogP contribution in [-0.4, -0.2) is 22.9 Å². The number of halogens is 1. The van der Waals surface area contributed by atoms with Crippen molar-refractivity contribution in [2.75, 3.05) is 5.88 Å². The third-order valence-corrected chi connectivity index (χ3v) is 3.70. The average Bonchev–Trinajstić information content (AvgIpc) is 2.77. The van der Waals surface area contributed by atoms with Gasteiger partial charge in [0.15, 0.2) is 0 Å². The van der Waals surface area contributed by atoms with Crippen molar-refractivity contribution in [2.45, 2.75) is 25.3 Å². The Labute approximate surface area is 106 Å². The third kappa shape index (κ3) is 2.91. The van der Waals surface area contributed by atoms with Crippen molar-refractivity contribution in [3.05, 3.63) is 29.8 Å². The van der Waals surface area contributed by atoms with Crippen LogP contribution in [0.2, 0.25) is 0 Å². The Morgan fingerprint density at radius 3 is 2.71 bits per heavy atom. The molecule has 1 fully saturated rings. The van der Waals surface area contributed by atoms with E-state index >= 15 is 0 Å². The minimum absolute atomic E-state index is 0.0907. The van der Waals surface area contributed by atoms with Crippen LogP contribution in [0.1, 0.15) is 29.6 Å². The Kier molecular flexibility index (Phi) is 3.89. The SMILES string of the molecule is O=C(NC1CCCC1CCl)c1ccc(O)cc1. The quantitative estimate of drug-likeness (QED) is 0.814. The molecule has 17 heavy (non-hydrogen) atoms. The molecule has 1 aliphatic rings. The molecule has 0 spiro atoms. The highest BCUT2D eigenvalue weighted by Gasteiger charge is 2.27. The van der Waals surface area contributed by atoms with Crippen LogP contribution >= 0.6 is 11.6 Å². The normalized spacial score (nSPS) is 23.6. The van der Waals surface area contributed by atoms with Gasteiger partial charge in [-0.2, -0.15) is 0 Å². The highest BCUT2D eigenvalue weighted by Crippen LogP contribution is 2.26. The van der Waals surface area contributed by atoms with E-state index in [0.29, 0.717) is 17.4 Å². The van der Waals surface area contributed by atoms with Crippen molar-refractivity contribution in [1.82, 2.24) is 5.32 Å². The Morgan fingerprint density at radius 1 is 1.35 bits per heavy atom. The summed E-state index contributed by atoms with van der Waals surface area (Å²) >= 11 is 5.87. The van der Waals surface area contributed by atoms with E-state index in [-0.39, 0.29) is 17.7 Å². The lowest BCUT2D eigenvalue weighted by molar-refractivity contribution is 0.0930. The van der Waals surface area contributed by atoms with E-state index in [9.17, 15) is 4.79 Å². The first-order chi connectivity index (χ1) is 8.20. The molecular weight excluding hydrogens is 238 g/mol. The molecule has 3 nitrogen and oxygen atoms in total. The number of benzene rings is 1. The lowest BCUT2D eigenvalue weighted by atomic mass is 10.1. The van der Waals surface area contributed by atoms with Gasteiger partial charge in [0.1, 0.15) is 5.75 Å². The first-order valence-corrected chi connectivity index (χ1v) is 6.40. The number of hydrogen-bond donors (Lipinski definition) is 2. The fraction of sp³-hybridized carbons (Fsp3) is 0.462. The number of carbonyl (C=O) groups is 1. The monoisotopic (exact) mass is 253 g/mol. The van der Waals surface area contributed by atoms with E-state index in [0.717, 1.165) is 19.3 Å². The number of phenols is 1. The van der Waals surface area contributed by atoms with Gasteiger partial charge >= 0.3 is 0 Å². The number of phenolic OH excluding ortho intramolecular Hbond substituents is 1. The molecule has 2 atom stereocenters. The van der Waals surface area contributed by atoms with Gasteiger partial charge < -0.3 is 10.4 Å². The van der Waals surface area contributed by atoms with E-state index in [1.54, 1.807) is 12.1 Å². The topological polar surface area (TPSA) is 49.3 Å². The minimum Gasteiger partial charge on any atom is -0.508 e. The minimum atomic E-state index is -0.0907. The van der Waals surface area contributed by atoms with Crippen LogP contribution in [0.4, 0.5) is 0 Å². The van der Waals surface area contributed by atoms with Gasteiger partial charge in [0.2, 0.25) is 0 Å². The van der Waals surface area contributed by atoms with Crippen molar-refractivity contribution < 1.29 is 9.90 Å². The number of carbonyl (C=O) groups excluding carboxylic acids is 1. The fourth-order valence-electron chi connectivity index (χ4n) is 2.28. The molecule has 1 amide bonds. The summed E-state index contributed by atoms with van der Waals surface area (Å²) in [7, 11) is 0.